The highest BCUT2D eigenvalue weighted by atomic mass is 14.9. The van der Waals surface area contributed by atoms with Gasteiger partial charge in [0, 0.05) is 22.9 Å². The summed E-state index contributed by atoms with van der Waals surface area (Å²) in [5.74, 6) is 2.21. The normalized spacial score (nSPS) is 24.4. The topological polar surface area (TPSA) is 28.7 Å². The van der Waals surface area contributed by atoms with Crippen LogP contribution in [0, 0.1) is 11.8 Å². The van der Waals surface area contributed by atoms with E-state index >= 15 is 0 Å². The fourth-order valence-corrected chi connectivity index (χ4v) is 4.67. The van der Waals surface area contributed by atoms with E-state index in [0.29, 0.717) is 11.8 Å². The molecule has 2 heterocycles. The van der Waals surface area contributed by atoms with E-state index in [1.54, 1.807) is 0 Å². The number of aromatic nitrogens is 2. The molecule has 2 heteroatoms. The number of benzene rings is 1. The average Bonchev–Trinajstić information content (AvgIpc) is 3.00. The van der Waals surface area contributed by atoms with E-state index < -0.39 is 0 Å². The van der Waals surface area contributed by atoms with Crippen molar-refractivity contribution in [2.45, 2.75) is 52.4 Å². The van der Waals surface area contributed by atoms with Crippen molar-refractivity contribution in [3.8, 4) is 11.4 Å². The quantitative estimate of drug-likeness (QED) is 0.747. The van der Waals surface area contributed by atoms with Gasteiger partial charge in [0.1, 0.15) is 5.82 Å². The predicted molar refractivity (Wildman–Crippen MR) is 105 cm³/mol. The third-order valence-corrected chi connectivity index (χ3v) is 6.39. The molecule has 25 heavy (non-hydrogen) atoms. The van der Waals surface area contributed by atoms with Crippen LogP contribution in [0.15, 0.2) is 42.6 Å². The van der Waals surface area contributed by atoms with Gasteiger partial charge >= 0.3 is 0 Å². The lowest BCUT2D eigenvalue weighted by Crippen LogP contribution is -2.43. The Balaban J connectivity index is 1.83. The number of fused-ring (bicyclic) bond motifs is 3. The summed E-state index contributed by atoms with van der Waals surface area (Å²) in [5.41, 5.74) is 8.75. The molecule has 0 saturated carbocycles. The van der Waals surface area contributed by atoms with E-state index in [1.807, 2.05) is 12.3 Å². The number of H-pyrrole nitrogens is 1. The van der Waals surface area contributed by atoms with Gasteiger partial charge in [0.05, 0.1) is 0 Å². The number of hydrogen-bond donors (Lipinski definition) is 1. The van der Waals surface area contributed by atoms with Crippen LogP contribution in [0.1, 0.15) is 50.1 Å². The molecule has 130 valence electrons. The van der Waals surface area contributed by atoms with Crippen molar-refractivity contribution in [3.63, 3.8) is 0 Å². The van der Waals surface area contributed by atoms with E-state index in [4.69, 9.17) is 4.98 Å². The largest absolute Gasteiger partial charge is 0.342 e. The van der Waals surface area contributed by atoms with E-state index in [-0.39, 0.29) is 5.41 Å². The standard InChI is InChI=1S/C23H28N2/c1-6-7-17(14(2)3)9-16-10-18-12-23(5)15(4)8-19-13-24-22(25-19)20(11-16)21(18)23/h6-7,10-11,13-15H,1,8-9,12H2,2-5H3,(H,24,25)/b17-7-. The predicted octanol–water partition coefficient (Wildman–Crippen LogP) is 5.39. The first-order chi connectivity index (χ1) is 11.9. The lowest BCUT2D eigenvalue weighted by atomic mass is 9.56. The molecular formula is C23H28N2. The minimum atomic E-state index is 0.285. The third-order valence-electron chi connectivity index (χ3n) is 6.39. The van der Waals surface area contributed by atoms with Gasteiger partial charge in [-0.1, -0.05) is 58.1 Å². The Morgan fingerprint density at radius 2 is 2.24 bits per heavy atom. The van der Waals surface area contributed by atoms with Crippen LogP contribution < -0.4 is 0 Å². The molecule has 2 aromatic rings. The Morgan fingerprint density at radius 3 is 2.96 bits per heavy atom. The molecule has 0 spiro atoms. The molecular weight excluding hydrogens is 304 g/mol. The van der Waals surface area contributed by atoms with Gasteiger partial charge in [-0.3, -0.25) is 0 Å². The molecule has 1 aromatic carbocycles. The zero-order chi connectivity index (χ0) is 17.8. The van der Waals surface area contributed by atoms with Crippen LogP contribution in [-0.4, -0.2) is 9.97 Å². The molecule has 1 aliphatic carbocycles. The minimum Gasteiger partial charge on any atom is -0.342 e. The Kier molecular flexibility index (Phi) is 3.75. The van der Waals surface area contributed by atoms with Gasteiger partial charge in [-0.05, 0) is 53.9 Å². The van der Waals surface area contributed by atoms with Gasteiger partial charge < -0.3 is 4.98 Å². The van der Waals surface area contributed by atoms with E-state index in [2.05, 4.69) is 57.5 Å². The molecule has 1 N–H and O–H groups in total. The van der Waals surface area contributed by atoms with Crippen LogP contribution in [0.4, 0.5) is 0 Å². The summed E-state index contributed by atoms with van der Waals surface area (Å²) in [6, 6.07) is 4.80. The Labute approximate surface area is 151 Å². The second kappa shape index (κ2) is 5.72. The van der Waals surface area contributed by atoms with Crippen molar-refractivity contribution < 1.29 is 0 Å². The average molecular weight is 332 g/mol. The smallest absolute Gasteiger partial charge is 0.137 e. The number of allylic oxidation sites excluding steroid dienone is 3. The molecule has 0 amide bonds. The summed E-state index contributed by atoms with van der Waals surface area (Å²) in [6.07, 6.45) is 9.37. The molecule has 1 aliphatic heterocycles. The van der Waals surface area contributed by atoms with Gasteiger partial charge in [-0.2, -0.15) is 0 Å². The minimum absolute atomic E-state index is 0.285. The van der Waals surface area contributed by atoms with Crippen LogP contribution in [0.2, 0.25) is 0 Å². The van der Waals surface area contributed by atoms with E-state index in [9.17, 15) is 0 Å². The van der Waals surface area contributed by atoms with Gasteiger partial charge in [0.15, 0.2) is 0 Å². The number of nitrogens with zero attached hydrogens (tertiary/aromatic N) is 1. The van der Waals surface area contributed by atoms with Crippen LogP contribution in [0.3, 0.4) is 0 Å². The van der Waals surface area contributed by atoms with Crippen LogP contribution in [-0.2, 0) is 24.7 Å². The van der Waals surface area contributed by atoms with Crippen LogP contribution in [0.25, 0.3) is 11.4 Å². The molecule has 0 fully saturated rings. The molecule has 4 rings (SSSR count). The molecule has 2 atom stereocenters. The molecule has 0 radical (unpaired) electrons. The molecule has 1 aromatic heterocycles. The highest BCUT2D eigenvalue weighted by molar-refractivity contribution is 5.71. The number of nitrogens with one attached hydrogen (secondary N) is 1. The number of rotatable bonds is 4. The lowest BCUT2D eigenvalue weighted by Gasteiger charge is -2.48. The molecule has 2 nitrogen and oxygen atoms in total. The summed E-state index contributed by atoms with van der Waals surface area (Å²) in [6.45, 7) is 13.2. The molecule has 0 saturated heterocycles. The van der Waals surface area contributed by atoms with Crippen LogP contribution >= 0.6 is 0 Å². The second-order valence-corrected chi connectivity index (χ2v) is 8.44. The van der Waals surface area contributed by atoms with Crippen molar-refractivity contribution in [3.05, 3.63) is 65.0 Å². The van der Waals surface area contributed by atoms with Gasteiger partial charge in [-0.15, -0.1) is 0 Å². The first kappa shape index (κ1) is 16.4. The third kappa shape index (κ3) is 2.50. The van der Waals surface area contributed by atoms with E-state index in [1.165, 1.54) is 39.9 Å². The van der Waals surface area contributed by atoms with Gasteiger partial charge in [-0.25, -0.2) is 4.98 Å². The van der Waals surface area contributed by atoms with E-state index in [0.717, 1.165) is 18.7 Å². The van der Waals surface area contributed by atoms with Crippen molar-refractivity contribution in [2.75, 3.05) is 0 Å². The number of aromatic amines is 1. The summed E-state index contributed by atoms with van der Waals surface area (Å²) in [4.78, 5) is 8.24. The Morgan fingerprint density at radius 1 is 1.44 bits per heavy atom. The maximum absolute atomic E-state index is 4.69. The maximum Gasteiger partial charge on any atom is 0.137 e. The van der Waals surface area contributed by atoms with Crippen molar-refractivity contribution >= 4 is 0 Å². The van der Waals surface area contributed by atoms with Crippen molar-refractivity contribution in [2.24, 2.45) is 11.8 Å². The molecule has 2 unspecified atom stereocenters. The summed E-state index contributed by atoms with van der Waals surface area (Å²) >= 11 is 0. The summed E-state index contributed by atoms with van der Waals surface area (Å²) in [5, 5.41) is 0. The fraction of sp³-hybridized carbons (Fsp3) is 0.435. The van der Waals surface area contributed by atoms with Gasteiger partial charge in [0.25, 0.3) is 0 Å². The van der Waals surface area contributed by atoms with Crippen molar-refractivity contribution in [1.82, 2.24) is 9.97 Å². The number of imidazole rings is 1. The molecule has 2 aliphatic rings. The zero-order valence-electron chi connectivity index (χ0n) is 15.8. The summed E-state index contributed by atoms with van der Waals surface area (Å²) in [7, 11) is 0. The van der Waals surface area contributed by atoms with Crippen LogP contribution in [0.5, 0.6) is 0 Å². The number of hydrogen-bond acceptors (Lipinski definition) is 1. The Hall–Kier alpha value is -2.09. The molecule has 2 bridgehead atoms. The lowest BCUT2D eigenvalue weighted by molar-refractivity contribution is 0.269. The van der Waals surface area contributed by atoms with Crippen molar-refractivity contribution in [1.29, 1.82) is 0 Å². The van der Waals surface area contributed by atoms with Gasteiger partial charge in [0.2, 0.25) is 0 Å². The maximum atomic E-state index is 4.69. The SMILES string of the molecule is C=C/C=C(/Cc1cc2c3c(c1)-c1ncc([nH]1)CC(C)C3(C)C2)C(C)C. The fourth-order valence-electron chi connectivity index (χ4n) is 4.67. The highest BCUT2D eigenvalue weighted by Crippen LogP contribution is 2.52. The summed E-state index contributed by atoms with van der Waals surface area (Å²) < 4.78 is 0. The first-order valence-electron chi connectivity index (χ1n) is 9.44. The second-order valence-electron chi connectivity index (χ2n) is 8.44. The first-order valence-corrected chi connectivity index (χ1v) is 9.44. The zero-order valence-corrected chi connectivity index (χ0v) is 15.8. The Bertz CT molecular complexity index is 868. The highest BCUT2D eigenvalue weighted by Gasteiger charge is 2.46. The monoisotopic (exact) mass is 332 g/mol.